The van der Waals surface area contributed by atoms with E-state index in [2.05, 4.69) is 0 Å². The lowest BCUT2D eigenvalue weighted by Crippen LogP contribution is -2.18. The number of carbonyl (C=O) groups is 1. The van der Waals surface area contributed by atoms with Gasteiger partial charge in [-0.15, -0.1) is 0 Å². The molecule has 12 heavy (non-hydrogen) atoms. The lowest BCUT2D eigenvalue weighted by molar-refractivity contribution is -0.124. The van der Waals surface area contributed by atoms with Crippen molar-refractivity contribution in [3.8, 4) is 0 Å². The van der Waals surface area contributed by atoms with Crippen LogP contribution >= 0.6 is 0 Å². The molecule has 0 aromatic heterocycles. The number of rotatable bonds is 7. The number of carbonyl (C=O) groups excluding carboxylic acids is 1. The summed E-state index contributed by atoms with van der Waals surface area (Å²) in [7, 11) is 0. The van der Waals surface area contributed by atoms with Crippen molar-refractivity contribution in [3.63, 3.8) is 0 Å². The molecule has 0 aromatic carbocycles. The van der Waals surface area contributed by atoms with Crippen molar-refractivity contribution in [1.82, 2.24) is 0 Å². The van der Waals surface area contributed by atoms with Gasteiger partial charge in [-0.1, -0.05) is 13.8 Å². The number of Topliss-reactive ketones (excluding diaryl/α,β-unsaturated/α-hetero) is 1. The van der Waals surface area contributed by atoms with Crippen molar-refractivity contribution in [2.45, 2.75) is 26.7 Å². The highest BCUT2D eigenvalue weighted by Gasteiger charge is 2.06. The Morgan fingerprint density at radius 2 is 2.25 bits per heavy atom. The monoisotopic (exact) mass is 173 g/mol. The van der Waals surface area contributed by atoms with Gasteiger partial charge >= 0.3 is 0 Å². The fraction of sp³-hybridized carbons (Fsp3) is 0.889. The number of nitrogens with two attached hydrogens (primary N) is 1. The predicted molar refractivity (Wildman–Crippen MR) is 49.0 cm³/mol. The van der Waals surface area contributed by atoms with E-state index in [1.807, 2.05) is 13.8 Å². The molecule has 0 radical (unpaired) electrons. The number of hydrogen-bond acceptors (Lipinski definition) is 3. The van der Waals surface area contributed by atoms with E-state index >= 15 is 0 Å². The van der Waals surface area contributed by atoms with E-state index in [-0.39, 0.29) is 18.3 Å². The van der Waals surface area contributed by atoms with Crippen LogP contribution in [0.15, 0.2) is 0 Å². The fourth-order valence-electron chi connectivity index (χ4n) is 0.861. The van der Waals surface area contributed by atoms with Gasteiger partial charge in [0.1, 0.15) is 6.61 Å². The first kappa shape index (κ1) is 11.6. The third-order valence-corrected chi connectivity index (χ3v) is 1.59. The number of ether oxygens (including phenoxy) is 1. The molecule has 0 amide bonds. The molecule has 0 saturated carbocycles. The molecule has 1 atom stereocenters. The molecular weight excluding hydrogens is 154 g/mol. The summed E-state index contributed by atoms with van der Waals surface area (Å²) in [5, 5.41) is 0. The molecule has 3 heteroatoms. The molecule has 0 spiro atoms. The molecule has 0 aromatic rings. The molecule has 0 aliphatic heterocycles. The highest BCUT2D eigenvalue weighted by molar-refractivity contribution is 5.79. The summed E-state index contributed by atoms with van der Waals surface area (Å²) in [6, 6.07) is 0. The minimum Gasteiger partial charge on any atom is -0.374 e. The Labute approximate surface area is 74.3 Å². The zero-order valence-corrected chi connectivity index (χ0v) is 8.01. The highest BCUT2D eigenvalue weighted by Crippen LogP contribution is 1.99. The maximum absolute atomic E-state index is 11.1. The van der Waals surface area contributed by atoms with Crippen LogP contribution in [-0.2, 0) is 9.53 Å². The predicted octanol–water partition coefficient (Wildman–Crippen LogP) is 0.967. The Kier molecular flexibility index (Phi) is 7.00. The maximum Gasteiger partial charge on any atom is 0.158 e. The van der Waals surface area contributed by atoms with E-state index in [1.54, 1.807) is 0 Å². The summed E-state index contributed by atoms with van der Waals surface area (Å²) in [5.41, 5.74) is 5.38. The van der Waals surface area contributed by atoms with Crippen LogP contribution < -0.4 is 5.73 Å². The summed E-state index contributed by atoms with van der Waals surface area (Å²) in [6.45, 7) is 5.48. The Balaban J connectivity index is 3.33. The van der Waals surface area contributed by atoms with Crippen LogP contribution in [0.4, 0.5) is 0 Å². The Hall–Kier alpha value is -0.410. The largest absolute Gasteiger partial charge is 0.374 e. The molecule has 0 aliphatic rings. The third-order valence-electron chi connectivity index (χ3n) is 1.59. The highest BCUT2D eigenvalue weighted by atomic mass is 16.5. The first-order valence-electron chi connectivity index (χ1n) is 4.50. The van der Waals surface area contributed by atoms with Crippen molar-refractivity contribution in [2.24, 2.45) is 11.7 Å². The van der Waals surface area contributed by atoms with Crippen LogP contribution in [0.2, 0.25) is 0 Å². The van der Waals surface area contributed by atoms with Gasteiger partial charge < -0.3 is 10.5 Å². The fourth-order valence-corrected chi connectivity index (χ4v) is 0.861. The van der Waals surface area contributed by atoms with Crippen LogP contribution in [0.3, 0.4) is 0 Å². The van der Waals surface area contributed by atoms with Gasteiger partial charge in [-0.05, 0) is 18.9 Å². The van der Waals surface area contributed by atoms with Crippen LogP contribution in [0.5, 0.6) is 0 Å². The van der Waals surface area contributed by atoms with Crippen LogP contribution in [0.25, 0.3) is 0 Å². The van der Waals surface area contributed by atoms with Crippen LogP contribution in [-0.4, -0.2) is 25.5 Å². The molecule has 0 heterocycles. The van der Waals surface area contributed by atoms with Crippen molar-refractivity contribution >= 4 is 5.78 Å². The number of ketones is 1. The SMILES string of the molecule is CCCOCC(=O)CC(C)CN. The van der Waals surface area contributed by atoms with Gasteiger partial charge in [0.25, 0.3) is 0 Å². The molecule has 0 aliphatic carbocycles. The summed E-state index contributed by atoms with van der Waals surface area (Å²) in [6.07, 6.45) is 1.50. The van der Waals surface area contributed by atoms with Crippen molar-refractivity contribution in [2.75, 3.05) is 19.8 Å². The molecule has 0 saturated heterocycles. The average molecular weight is 173 g/mol. The second-order valence-corrected chi connectivity index (χ2v) is 3.14. The van der Waals surface area contributed by atoms with Crippen molar-refractivity contribution in [3.05, 3.63) is 0 Å². The van der Waals surface area contributed by atoms with Gasteiger partial charge in [-0.25, -0.2) is 0 Å². The van der Waals surface area contributed by atoms with Crippen molar-refractivity contribution < 1.29 is 9.53 Å². The molecule has 0 fully saturated rings. The first-order valence-corrected chi connectivity index (χ1v) is 4.50. The van der Waals surface area contributed by atoms with Gasteiger partial charge in [0, 0.05) is 13.0 Å². The summed E-state index contributed by atoms with van der Waals surface area (Å²) in [5.74, 6) is 0.434. The summed E-state index contributed by atoms with van der Waals surface area (Å²) in [4.78, 5) is 11.1. The van der Waals surface area contributed by atoms with Gasteiger partial charge in [0.05, 0.1) is 0 Å². The standard InChI is InChI=1S/C9H19NO2/c1-3-4-12-7-9(11)5-8(2)6-10/h8H,3-7,10H2,1-2H3. The molecule has 1 unspecified atom stereocenters. The first-order chi connectivity index (χ1) is 5.70. The van der Waals surface area contributed by atoms with Gasteiger partial charge in [-0.2, -0.15) is 0 Å². The second-order valence-electron chi connectivity index (χ2n) is 3.14. The Morgan fingerprint density at radius 1 is 1.58 bits per heavy atom. The maximum atomic E-state index is 11.1. The van der Waals surface area contributed by atoms with Crippen LogP contribution in [0, 0.1) is 5.92 Å². The van der Waals surface area contributed by atoms with E-state index in [0.717, 1.165) is 6.42 Å². The van der Waals surface area contributed by atoms with Gasteiger partial charge in [0.2, 0.25) is 0 Å². The quantitative estimate of drug-likeness (QED) is 0.583. The molecular formula is C9H19NO2. The molecule has 2 N–H and O–H groups in total. The number of hydrogen-bond donors (Lipinski definition) is 1. The summed E-state index contributed by atoms with van der Waals surface area (Å²) >= 11 is 0. The van der Waals surface area contributed by atoms with Gasteiger partial charge in [0.15, 0.2) is 5.78 Å². The smallest absolute Gasteiger partial charge is 0.158 e. The molecule has 72 valence electrons. The van der Waals surface area contributed by atoms with E-state index in [9.17, 15) is 4.79 Å². The van der Waals surface area contributed by atoms with E-state index < -0.39 is 0 Å². The molecule has 3 nitrogen and oxygen atoms in total. The van der Waals surface area contributed by atoms with Crippen LogP contribution in [0.1, 0.15) is 26.7 Å². The van der Waals surface area contributed by atoms with Crippen molar-refractivity contribution in [1.29, 1.82) is 0 Å². The Morgan fingerprint density at radius 3 is 2.75 bits per heavy atom. The minimum absolute atomic E-state index is 0.154. The topological polar surface area (TPSA) is 52.3 Å². The lowest BCUT2D eigenvalue weighted by atomic mass is 10.1. The molecule has 0 rings (SSSR count). The van der Waals surface area contributed by atoms with E-state index in [4.69, 9.17) is 10.5 Å². The van der Waals surface area contributed by atoms with E-state index in [0.29, 0.717) is 19.6 Å². The zero-order chi connectivity index (χ0) is 9.40. The second kappa shape index (κ2) is 7.25. The summed E-state index contributed by atoms with van der Waals surface area (Å²) < 4.78 is 5.10. The normalized spacial score (nSPS) is 12.9. The minimum atomic E-state index is 0.154. The lowest BCUT2D eigenvalue weighted by Gasteiger charge is -2.06. The zero-order valence-electron chi connectivity index (χ0n) is 8.01. The van der Waals surface area contributed by atoms with Gasteiger partial charge in [-0.3, -0.25) is 4.79 Å². The van der Waals surface area contributed by atoms with E-state index in [1.165, 1.54) is 0 Å². The Bertz CT molecular complexity index is 126. The average Bonchev–Trinajstić information content (AvgIpc) is 2.05. The molecule has 0 bridgehead atoms. The third kappa shape index (κ3) is 6.31.